The van der Waals surface area contributed by atoms with E-state index in [1.807, 2.05) is 4.57 Å². The Morgan fingerprint density at radius 1 is 1.43 bits per heavy atom. The lowest BCUT2D eigenvalue weighted by Gasteiger charge is -2.27. The number of amides is 1. The number of aromatic nitrogens is 2. The fourth-order valence-electron chi connectivity index (χ4n) is 3.26. The minimum atomic E-state index is -0.562. The highest BCUT2D eigenvalue weighted by Crippen LogP contribution is 2.32. The van der Waals surface area contributed by atoms with Crippen molar-refractivity contribution < 1.29 is 13.6 Å². The number of nitrogens with one attached hydrogen (secondary N) is 1. The molecule has 0 saturated carbocycles. The van der Waals surface area contributed by atoms with Crippen LogP contribution in [0.2, 0.25) is 0 Å². The highest BCUT2D eigenvalue weighted by Gasteiger charge is 2.25. The van der Waals surface area contributed by atoms with Crippen molar-refractivity contribution >= 4 is 18.1 Å². The second-order valence-corrected chi connectivity index (χ2v) is 6.23. The Morgan fingerprint density at radius 3 is 2.96 bits per heavy atom. The molecule has 1 aliphatic carbocycles. The van der Waals surface area contributed by atoms with E-state index in [9.17, 15) is 13.6 Å². The fraction of sp³-hybridized carbons (Fsp3) is 0.375. The number of nitrogens with zero attached hydrogens (tertiary/aromatic N) is 1. The van der Waals surface area contributed by atoms with Gasteiger partial charge in [0.25, 0.3) is 0 Å². The van der Waals surface area contributed by atoms with Crippen molar-refractivity contribution in [3.63, 3.8) is 0 Å². The number of hydrogen-bond donors (Lipinski definition) is 2. The van der Waals surface area contributed by atoms with Gasteiger partial charge in [0.05, 0.1) is 0 Å². The van der Waals surface area contributed by atoms with E-state index in [0.717, 1.165) is 11.8 Å². The van der Waals surface area contributed by atoms with Gasteiger partial charge >= 0.3 is 0 Å². The van der Waals surface area contributed by atoms with Crippen molar-refractivity contribution in [1.29, 1.82) is 0 Å². The van der Waals surface area contributed by atoms with E-state index in [1.54, 1.807) is 6.20 Å². The molecule has 4 nitrogen and oxygen atoms in total. The predicted octanol–water partition coefficient (Wildman–Crippen LogP) is 2.97. The summed E-state index contributed by atoms with van der Waals surface area (Å²) in [6, 6.07) is 2.34. The summed E-state index contributed by atoms with van der Waals surface area (Å²) in [6.45, 7) is 0. The summed E-state index contributed by atoms with van der Waals surface area (Å²) in [5.41, 5.74) is 7.36. The molecule has 1 aliphatic rings. The van der Waals surface area contributed by atoms with Crippen molar-refractivity contribution in [2.45, 2.75) is 38.1 Å². The van der Waals surface area contributed by atoms with E-state index in [-0.39, 0.29) is 18.4 Å². The van der Waals surface area contributed by atoms with E-state index in [4.69, 9.17) is 18.0 Å². The van der Waals surface area contributed by atoms with Gasteiger partial charge in [-0.3, -0.25) is 4.79 Å². The quantitative estimate of drug-likeness (QED) is 0.843. The average Bonchev–Trinajstić information content (AvgIpc) is 2.85. The lowest BCUT2D eigenvalue weighted by molar-refractivity contribution is -0.118. The van der Waals surface area contributed by atoms with E-state index >= 15 is 0 Å². The standard InChI is InChI=1S/C16H17F2N3OS/c17-10-5-9-6-11(1-3-13(9)14(18)7-10)21-12(2-4-15(19)22)8-20-16(21)23/h5,7-8,11H,1-4,6H2,(H2,19,22)(H,20,23). The molecule has 0 radical (unpaired) electrons. The third kappa shape index (κ3) is 3.19. The maximum absolute atomic E-state index is 13.8. The summed E-state index contributed by atoms with van der Waals surface area (Å²) in [4.78, 5) is 14.0. The van der Waals surface area contributed by atoms with E-state index in [1.165, 1.54) is 6.07 Å². The highest BCUT2D eigenvalue weighted by molar-refractivity contribution is 7.71. The van der Waals surface area contributed by atoms with Gasteiger partial charge in [-0.05, 0) is 55.1 Å². The first-order chi connectivity index (χ1) is 11.0. The van der Waals surface area contributed by atoms with Crippen LogP contribution in [0.3, 0.4) is 0 Å². The van der Waals surface area contributed by atoms with Crippen molar-refractivity contribution in [1.82, 2.24) is 9.55 Å². The van der Waals surface area contributed by atoms with E-state index in [2.05, 4.69) is 4.98 Å². The molecule has 23 heavy (non-hydrogen) atoms. The third-order valence-electron chi connectivity index (χ3n) is 4.32. The van der Waals surface area contributed by atoms with Crippen molar-refractivity contribution in [3.05, 3.63) is 51.6 Å². The van der Waals surface area contributed by atoms with Gasteiger partial charge in [0.2, 0.25) is 5.91 Å². The van der Waals surface area contributed by atoms with Crippen molar-refractivity contribution in [3.8, 4) is 0 Å². The Balaban J connectivity index is 1.90. The minimum absolute atomic E-state index is 0.0188. The van der Waals surface area contributed by atoms with Crippen LogP contribution in [-0.4, -0.2) is 15.5 Å². The smallest absolute Gasteiger partial charge is 0.217 e. The number of hydrogen-bond acceptors (Lipinski definition) is 2. The molecule has 3 rings (SSSR count). The molecule has 0 spiro atoms. The first-order valence-electron chi connectivity index (χ1n) is 7.49. The first kappa shape index (κ1) is 15.9. The molecule has 122 valence electrons. The van der Waals surface area contributed by atoms with Crippen LogP contribution in [0.25, 0.3) is 0 Å². The number of H-pyrrole nitrogens is 1. The van der Waals surface area contributed by atoms with Crippen LogP contribution in [0, 0.1) is 16.4 Å². The molecule has 3 N–H and O–H groups in total. The first-order valence-corrected chi connectivity index (χ1v) is 7.90. The molecule has 1 aromatic carbocycles. The van der Waals surface area contributed by atoms with Gasteiger partial charge < -0.3 is 15.3 Å². The summed E-state index contributed by atoms with van der Waals surface area (Å²) >= 11 is 5.33. The van der Waals surface area contributed by atoms with E-state index in [0.29, 0.717) is 41.6 Å². The number of aryl methyl sites for hydroxylation is 1. The van der Waals surface area contributed by atoms with Crippen LogP contribution in [0.4, 0.5) is 8.78 Å². The summed E-state index contributed by atoms with van der Waals surface area (Å²) in [7, 11) is 0. The molecule has 1 aromatic heterocycles. The number of imidazole rings is 1. The molecule has 1 amide bonds. The van der Waals surface area contributed by atoms with Gasteiger partial charge in [0, 0.05) is 30.4 Å². The summed E-state index contributed by atoms with van der Waals surface area (Å²) in [5.74, 6) is -1.42. The van der Waals surface area contributed by atoms with Gasteiger partial charge in [0.15, 0.2) is 4.77 Å². The molecular weight excluding hydrogens is 320 g/mol. The lowest BCUT2D eigenvalue weighted by Crippen LogP contribution is -2.22. The number of carbonyl (C=O) groups excluding carboxylic acids is 1. The second kappa shape index (κ2) is 6.23. The minimum Gasteiger partial charge on any atom is -0.370 e. The Labute approximate surface area is 137 Å². The number of rotatable bonds is 4. The van der Waals surface area contributed by atoms with Crippen LogP contribution in [-0.2, 0) is 24.1 Å². The molecular formula is C16H17F2N3OS. The summed E-state index contributed by atoms with van der Waals surface area (Å²) in [5, 5.41) is 0. The molecule has 1 heterocycles. The largest absolute Gasteiger partial charge is 0.370 e. The van der Waals surface area contributed by atoms with Gasteiger partial charge in [0.1, 0.15) is 11.6 Å². The molecule has 0 saturated heterocycles. The molecule has 0 fully saturated rings. The number of primary amides is 1. The normalized spacial score (nSPS) is 17.0. The molecule has 0 aliphatic heterocycles. The maximum Gasteiger partial charge on any atom is 0.217 e. The zero-order valence-corrected chi connectivity index (χ0v) is 13.3. The molecule has 2 aromatic rings. The summed E-state index contributed by atoms with van der Waals surface area (Å²) in [6.07, 6.45) is 4.26. The molecule has 1 unspecified atom stereocenters. The van der Waals surface area contributed by atoms with Crippen molar-refractivity contribution in [2.24, 2.45) is 5.73 Å². The zero-order chi connectivity index (χ0) is 16.6. The Morgan fingerprint density at radius 2 is 2.22 bits per heavy atom. The Bertz CT molecular complexity index is 812. The molecule has 1 atom stereocenters. The number of aromatic amines is 1. The third-order valence-corrected chi connectivity index (χ3v) is 4.63. The Kier molecular flexibility index (Phi) is 4.30. The predicted molar refractivity (Wildman–Crippen MR) is 84.6 cm³/mol. The molecule has 7 heteroatoms. The number of benzene rings is 1. The lowest BCUT2D eigenvalue weighted by atomic mass is 9.87. The average molecular weight is 337 g/mol. The van der Waals surface area contributed by atoms with Gasteiger partial charge in [-0.1, -0.05) is 0 Å². The topological polar surface area (TPSA) is 63.8 Å². The van der Waals surface area contributed by atoms with Gasteiger partial charge in [-0.25, -0.2) is 8.78 Å². The van der Waals surface area contributed by atoms with Crippen LogP contribution >= 0.6 is 12.2 Å². The number of nitrogens with two attached hydrogens (primary N) is 1. The monoisotopic (exact) mass is 337 g/mol. The van der Waals surface area contributed by atoms with Gasteiger partial charge in [-0.2, -0.15) is 0 Å². The highest BCUT2D eigenvalue weighted by atomic mass is 32.1. The summed E-state index contributed by atoms with van der Waals surface area (Å²) < 4.78 is 29.8. The number of halogens is 2. The van der Waals surface area contributed by atoms with Crippen LogP contribution in [0.15, 0.2) is 18.3 Å². The number of fused-ring (bicyclic) bond motifs is 1. The second-order valence-electron chi connectivity index (χ2n) is 5.84. The van der Waals surface area contributed by atoms with Crippen LogP contribution < -0.4 is 5.73 Å². The number of carbonyl (C=O) groups is 1. The zero-order valence-electron chi connectivity index (χ0n) is 12.4. The van der Waals surface area contributed by atoms with Crippen LogP contribution in [0.5, 0.6) is 0 Å². The fourth-order valence-corrected chi connectivity index (χ4v) is 3.59. The maximum atomic E-state index is 13.8. The Hall–Kier alpha value is -2.02. The van der Waals surface area contributed by atoms with Crippen molar-refractivity contribution in [2.75, 3.05) is 0 Å². The van der Waals surface area contributed by atoms with Gasteiger partial charge in [-0.15, -0.1) is 0 Å². The van der Waals surface area contributed by atoms with E-state index < -0.39 is 11.6 Å². The SMILES string of the molecule is NC(=O)CCc1c[nH]c(=S)n1C1CCc2c(F)cc(F)cc2C1. The molecule has 0 bridgehead atoms. The van der Waals surface area contributed by atoms with Crippen LogP contribution in [0.1, 0.15) is 35.7 Å².